The average Bonchev–Trinajstić information content (AvgIpc) is 2.89. The number of likely N-dealkylation sites (tertiary alicyclic amines) is 2. The zero-order chi connectivity index (χ0) is 16.9. The Balaban J connectivity index is 1.48. The summed E-state index contributed by atoms with van der Waals surface area (Å²) >= 11 is 0. The Labute approximate surface area is 143 Å². The third-order valence-electron chi connectivity index (χ3n) is 6.18. The number of aromatic nitrogens is 2. The van der Waals surface area contributed by atoms with Gasteiger partial charge < -0.3 is 9.64 Å². The molecule has 0 aromatic carbocycles. The number of carbonyl (C=O) groups is 1. The van der Waals surface area contributed by atoms with Crippen LogP contribution in [0.1, 0.15) is 67.9 Å². The van der Waals surface area contributed by atoms with Crippen LogP contribution in [0.2, 0.25) is 0 Å². The first kappa shape index (κ1) is 16.1. The summed E-state index contributed by atoms with van der Waals surface area (Å²) in [5.41, 5.74) is 2.91. The van der Waals surface area contributed by atoms with E-state index < -0.39 is 0 Å². The van der Waals surface area contributed by atoms with Gasteiger partial charge in [0, 0.05) is 30.6 Å². The van der Waals surface area contributed by atoms with E-state index in [-0.39, 0.29) is 23.7 Å². The molecular formula is C18H28N4O2. The van der Waals surface area contributed by atoms with Gasteiger partial charge in [-0.05, 0) is 53.1 Å². The second-order valence-corrected chi connectivity index (χ2v) is 7.89. The number of nitrogens with zero attached hydrogens (tertiary/aromatic N) is 3. The Morgan fingerprint density at radius 1 is 1.25 bits per heavy atom. The number of carbonyl (C=O) groups excluding carboxylic acids is 1. The molecule has 24 heavy (non-hydrogen) atoms. The number of ether oxygens (including phenoxy) is 1. The van der Waals surface area contributed by atoms with Crippen molar-refractivity contribution < 1.29 is 9.53 Å². The number of fused-ring (bicyclic) bond motifs is 1. The fourth-order valence-electron chi connectivity index (χ4n) is 4.36. The van der Waals surface area contributed by atoms with E-state index in [4.69, 9.17) is 4.74 Å². The summed E-state index contributed by atoms with van der Waals surface area (Å²) in [4.78, 5) is 17.6. The number of aromatic amines is 1. The van der Waals surface area contributed by atoms with Crippen LogP contribution in [0.4, 0.5) is 0 Å². The van der Waals surface area contributed by atoms with E-state index in [2.05, 4.69) is 28.9 Å². The SMILES string of the molecule is C[C@@H]1Cc2c(C(=O)N3CCC(C)(N4CCC4)CC3)n[nH]c2[C@H](C)O1. The summed E-state index contributed by atoms with van der Waals surface area (Å²) in [5, 5.41) is 7.39. The molecule has 0 aliphatic carbocycles. The summed E-state index contributed by atoms with van der Waals surface area (Å²) in [5.74, 6) is 0.0828. The van der Waals surface area contributed by atoms with E-state index in [1.807, 2.05) is 11.8 Å². The fourth-order valence-corrected chi connectivity index (χ4v) is 4.36. The Bertz CT molecular complexity index is 629. The number of nitrogens with one attached hydrogen (secondary N) is 1. The fraction of sp³-hybridized carbons (Fsp3) is 0.778. The molecule has 1 aromatic heterocycles. The molecule has 132 valence electrons. The molecule has 1 aromatic rings. The molecular weight excluding hydrogens is 304 g/mol. The quantitative estimate of drug-likeness (QED) is 0.901. The highest BCUT2D eigenvalue weighted by atomic mass is 16.5. The first-order chi connectivity index (χ1) is 11.5. The standard InChI is InChI=1S/C18H28N4O2/c1-12-11-14-15(13(2)24-12)19-20-16(14)17(23)21-9-5-18(3,6-10-21)22-7-4-8-22/h12-13H,4-11H2,1-3H3,(H,19,20)/t12-,13+/m1/s1. The molecule has 6 nitrogen and oxygen atoms in total. The molecule has 1 N–H and O–H groups in total. The Hall–Kier alpha value is -1.40. The summed E-state index contributed by atoms with van der Waals surface area (Å²) < 4.78 is 5.82. The van der Waals surface area contributed by atoms with Crippen molar-refractivity contribution in [1.29, 1.82) is 0 Å². The second-order valence-electron chi connectivity index (χ2n) is 7.89. The van der Waals surface area contributed by atoms with Crippen LogP contribution in [-0.2, 0) is 11.2 Å². The first-order valence-electron chi connectivity index (χ1n) is 9.25. The second kappa shape index (κ2) is 5.85. The lowest BCUT2D eigenvalue weighted by Crippen LogP contribution is -2.58. The Morgan fingerprint density at radius 2 is 1.96 bits per heavy atom. The van der Waals surface area contributed by atoms with Gasteiger partial charge in [-0.25, -0.2) is 0 Å². The number of amides is 1. The molecule has 0 bridgehead atoms. The van der Waals surface area contributed by atoms with E-state index in [1.165, 1.54) is 19.5 Å². The van der Waals surface area contributed by atoms with Crippen LogP contribution in [0.3, 0.4) is 0 Å². The van der Waals surface area contributed by atoms with Gasteiger partial charge in [0.1, 0.15) is 0 Å². The molecule has 6 heteroatoms. The summed E-state index contributed by atoms with van der Waals surface area (Å²) in [7, 11) is 0. The predicted octanol–water partition coefficient (Wildman–Crippen LogP) is 2.13. The molecule has 2 atom stereocenters. The number of rotatable bonds is 2. The van der Waals surface area contributed by atoms with Crippen molar-refractivity contribution in [1.82, 2.24) is 20.0 Å². The Kier molecular flexibility index (Phi) is 3.92. The topological polar surface area (TPSA) is 61.5 Å². The van der Waals surface area contributed by atoms with Crippen molar-refractivity contribution in [3.8, 4) is 0 Å². The lowest BCUT2D eigenvalue weighted by atomic mass is 9.85. The van der Waals surface area contributed by atoms with Crippen molar-refractivity contribution in [3.05, 3.63) is 17.0 Å². The minimum Gasteiger partial charge on any atom is -0.369 e. The molecule has 0 spiro atoms. The molecule has 2 saturated heterocycles. The average molecular weight is 332 g/mol. The maximum atomic E-state index is 13.0. The lowest BCUT2D eigenvalue weighted by Gasteiger charge is -2.50. The highest BCUT2D eigenvalue weighted by molar-refractivity contribution is 5.94. The molecule has 1 amide bonds. The smallest absolute Gasteiger partial charge is 0.274 e. The van der Waals surface area contributed by atoms with Gasteiger partial charge in [0.2, 0.25) is 0 Å². The number of H-pyrrole nitrogens is 1. The molecule has 0 unspecified atom stereocenters. The van der Waals surface area contributed by atoms with Crippen LogP contribution in [0.5, 0.6) is 0 Å². The van der Waals surface area contributed by atoms with E-state index in [0.29, 0.717) is 5.69 Å². The molecule has 2 fully saturated rings. The number of piperidine rings is 1. The van der Waals surface area contributed by atoms with Crippen LogP contribution >= 0.6 is 0 Å². The zero-order valence-corrected chi connectivity index (χ0v) is 15.0. The van der Waals surface area contributed by atoms with Crippen LogP contribution in [-0.4, -0.2) is 63.7 Å². The summed E-state index contributed by atoms with van der Waals surface area (Å²) in [6.07, 6.45) is 4.30. The van der Waals surface area contributed by atoms with E-state index in [0.717, 1.165) is 43.6 Å². The number of hydrogen-bond acceptors (Lipinski definition) is 4. The molecule has 0 radical (unpaired) electrons. The van der Waals surface area contributed by atoms with Crippen LogP contribution in [0, 0.1) is 0 Å². The third-order valence-corrected chi connectivity index (χ3v) is 6.18. The molecule has 4 heterocycles. The van der Waals surface area contributed by atoms with Gasteiger partial charge >= 0.3 is 0 Å². The molecule has 4 rings (SSSR count). The summed E-state index contributed by atoms with van der Waals surface area (Å²) in [6, 6.07) is 0. The third kappa shape index (κ3) is 2.56. The van der Waals surface area contributed by atoms with Crippen molar-refractivity contribution in [2.24, 2.45) is 0 Å². The zero-order valence-electron chi connectivity index (χ0n) is 15.0. The first-order valence-corrected chi connectivity index (χ1v) is 9.25. The molecule has 3 aliphatic heterocycles. The van der Waals surface area contributed by atoms with Crippen LogP contribution in [0.15, 0.2) is 0 Å². The van der Waals surface area contributed by atoms with Gasteiger partial charge in [0.15, 0.2) is 5.69 Å². The van der Waals surface area contributed by atoms with Crippen molar-refractivity contribution >= 4 is 5.91 Å². The molecule has 3 aliphatic rings. The maximum absolute atomic E-state index is 13.0. The van der Waals surface area contributed by atoms with Crippen molar-refractivity contribution in [2.45, 2.75) is 64.2 Å². The van der Waals surface area contributed by atoms with E-state index in [1.54, 1.807) is 0 Å². The maximum Gasteiger partial charge on any atom is 0.274 e. The number of hydrogen-bond donors (Lipinski definition) is 1. The molecule has 0 saturated carbocycles. The minimum atomic E-state index is -0.0196. The van der Waals surface area contributed by atoms with Gasteiger partial charge in [0.25, 0.3) is 5.91 Å². The largest absolute Gasteiger partial charge is 0.369 e. The monoisotopic (exact) mass is 332 g/mol. The van der Waals surface area contributed by atoms with Gasteiger partial charge in [0.05, 0.1) is 17.9 Å². The van der Waals surface area contributed by atoms with Crippen molar-refractivity contribution in [3.63, 3.8) is 0 Å². The normalized spacial score (nSPS) is 29.9. The van der Waals surface area contributed by atoms with Crippen LogP contribution in [0.25, 0.3) is 0 Å². The lowest BCUT2D eigenvalue weighted by molar-refractivity contribution is -0.00763. The van der Waals surface area contributed by atoms with E-state index >= 15 is 0 Å². The summed E-state index contributed by atoms with van der Waals surface area (Å²) in [6.45, 7) is 10.5. The highest BCUT2D eigenvalue weighted by Gasteiger charge is 2.40. The van der Waals surface area contributed by atoms with Gasteiger partial charge in [-0.1, -0.05) is 0 Å². The minimum absolute atomic E-state index is 0.0196. The highest BCUT2D eigenvalue weighted by Crippen LogP contribution is 2.34. The van der Waals surface area contributed by atoms with Crippen LogP contribution < -0.4 is 0 Å². The van der Waals surface area contributed by atoms with E-state index in [9.17, 15) is 4.79 Å². The van der Waals surface area contributed by atoms with Gasteiger partial charge in [-0.3, -0.25) is 14.8 Å². The Morgan fingerprint density at radius 3 is 2.58 bits per heavy atom. The van der Waals surface area contributed by atoms with Gasteiger partial charge in [-0.2, -0.15) is 5.10 Å². The predicted molar refractivity (Wildman–Crippen MR) is 91.0 cm³/mol. The van der Waals surface area contributed by atoms with Crippen molar-refractivity contribution in [2.75, 3.05) is 26.2 Å². The van der Waals surface area contributed by atoms with Gasteiger partial charge in [-0.15, -0.1) is 0 Å².